The number of likely N-dealkylation sites (tertiary alicyclic amines) is 1. The van der Waals surface area contributed by atoms with E-state index in [9.17, 15) is 14.4 Å². The molecule has 3 atom stereocenters. The Kier molecular flexibility index (Phi) is 9.93. The van der Waals surface area contributed by atoms with Crippen LogP contribution in [0.15, 0.2) is 24.3 Å². The highest BCUT2D eigenvalue weighted by Gasteiger charge is 2.47. The molecule has 1 aromatic rings. The van der Waals surface area contributed by atoms with Gasteiger partial charge >= 0.3 is 5.97 Å². The maximum Gasteiger partial charge on any atom is 0.325 e. The zero-order valence-corrected chi connectivity index (χ0v) is 18.2. The van der Waals surface area contributed by atoms with Crippen LogP contribution in [0, 0.1) is 17.8 Å². The minimum atomic E-state index is -0.451. The summed E-state index contributed by atoms with van der Waals surface area (Å²) in [6, 6.07) is 6.81. The standard InChI is InChI=1S/C21H29N3O5.CH2O2/c1-28-19(25)12-23-21(27)17-11-15-7-9-24(13-18(15)17)8-2-10-29-16-5-3-14(4-6-16)20(22)26;2-1-3/h3-6,15,17-18H,2,7-13H2,1H3,(H2,22,26)(H,23,27);1H,(H,2,3)/t15-,17-,18-;/m1./s1. The van der Waals surface area contributed by atoms with Gasteiger partial charge in [-0.05, 0) is 61.9 Å². The Bertz CT molecular complexity index is 784. The number of carbonyl (C=O) groups is 4. The number of nitrogens with two attached hydrogens (primary N) is 1. The van der Waals surface area contributed by atoms with E-state index in [4.69, 9.17) is 20.4 Å². The van der Waals surface area contributed by atoms with Gasteiger partial charge in [-0.3, -0.25) is 19.2 Å². The highest BCUT2D eigenvalue weighted by atomic mass is 16.5. The van der Waals surface area contributed by atoms with Gasteiger partial charge in [0.2, 0.25) is 11.8 Å². The molecule has 0 bridgehead atoms. The summed E-state index contributed by atoms with van der Waals surface area (Å²) >= 11 is 0. The average Bonchev–Trinajstić information content (AvgIpc) is 2.77. The van der Waals surface area contributed by atoms with Crippen LogP contribution in [0.3, 0.4) is 0 Å². The molecule has 0 radical (unpaired) electrons. The smallest absolute Gasteiger partial charge is 0.325 e. The van der Waals surface area contributed by atoms with E-state index in [-0.39, 0.29) is 24.8 Å². The Morgan fingerprint density at radius 1 is 1.28 bits per heavy atom. The molecule has 1 aliphatic carbocycles. The predicted molar refractivity (Wildman–Crippen MR) is 115 cm³/mol. The fourth-order valence-corrected chi connectivity index (χ4v) is 4.22. The van der Waals surface area contributed by atoms with Crippen LogP contribution in [0.2, 0.25) is 0 Å². The van der Waals surface area contributed by atoms with Gasteiger partial charge in [-0.25, -0.2) is 0 Å². The maximum absolute atomic E-state index is 12.3. The van der Waals surface area contributed by atoms with Crippen molar-refractivity contribution in [1.29, 1.82) is 0 Å². The Morgan fingerprint density at radius 3 is 2.59 bits per heavy atom. The first kappa shape index (κ1) is 25.1. The Hall–Kier alpha value is -3.14. The van der Waals surface area contributed by atoms with Crippen LogP contribution in [0.25, 0.3) is 0 Å². The molecule has 2 aliphatic rings. The minimum Gasteiger partial charge on any atom is -0.494 e. The third-order valence-electron chi connectivity index (χ3n) is 5.96. The van der Waals surface area contributed by atoms with Crippen molar-refractivity contribution in [2.75, 3.05) is 39.9 Å². The molecule has 4 N–H and O–H groups in total. The molecule has 176 valence electrons. The lowest BCUT2D eigenvalue weighted by Gasteiger charge is -2.50. The molecule has 1 saturated carbocycles. The second-order valence-electron chi connectivity index (χ2n) is 7.85. The molecule has 1 aliphatic heterocycles. The van der Waals surface area contributed by atoms with Gasteiger partial charge in [0.25, 0.3) is 6.47 Å². The number of primary amides is 1. The number of methoxy groups -OCH3 is 1. The summed E-state index contributed by atoms with van der Waals surface area (Å²) in [6.07, 6.45) is 2.91. The number of amides is 2. The van der Waals surface area contributed by atoms with Crippen molar-refractivity contribution >= 4 is 24.3 Å². The molecule has 1 saturated heterocycles. The summed E-state index contributed by atoms with van der Waals surface area (Å²) in [4.78, 5) is 45.3. The number of rotatable bonds is 9. The SMILES string of the molecule is COC(=O)CNC(=O)[C@@H]1C[C@H]2CCN(CCCOc3ccc(C(N)=O)cc3)C[C@H]21.O=CO. The number of nitrogens with zero attached hydrogens (tertiary/aromatic N) is 1. The number of hydrogen-bond donors (Lipinski definition) is 3. The van der Waals surface area contributed by atoms with Gasteiger partial charge in [-0.1, -0.05) is 0 Å². The van der Waals surface area contributed by atoms with Crippen molar-refractivity contribution in [1.82, 2.24) is 10.2 Å². The van der Waals surface area contributed by atoms with Crippen molar-refractivity contribution < 1.29 is 33.8 Å². The van der Waals surface area contributed by atoms with Crippen LogP contribution in [0.1, 0.15) is 29.6 Å². The molecule has 0 spiro atoms. The molecule has 3 rings (SSSR count). The number of hydrogen-bond acceptors (Lipinski definition) is 7. The van der Waals surface area contributed by atoms with Gasteiger partial charge < -0.3 is 30.5 Å². The number of benzene rings is 1. The number of carbonyl (C=O) groups excluding carboxylic acids is 3. The molecule has 1 aromatic carbocycles. The normalized spacial score (nSPS) is 21.6. The topological polar surface area (TPSA) is 148 Å². The van der Waals surface area contributed by atoms with E-state index in [1.165, 1.54) is 7.11 Å². The summed E-state index contributed by atoms with van der Waals surface area (Å²) in [5.74, 6) is 0.768. The third-order valence-corrected chi connectivity index (χ3v) is 5.96. The largest absolute Gasteiger partial charge is 0.494 e. The predicted octanol–water partition coefficient (Wildman–Crippen LogP) is 0.502. The fourth-order valence-electron chi connectivity index (χ4n) is 4.22. The van der Waals surface area contributed by atoms with Crippen LogP contribution < -0.4 is 15.8 Å². The van der Waals surface area contributed by atoms with E-state index in [0.29, 0.717) is 24.0 Å². The molecule has 0 unspecified atom stereocenters. The molecular formula is C22H31N3O7. The van der Waals surface area contributed by atoms with Crippen LogP contribution in [-0.4, -0.2) is 74.2 Å². The first-order chi connectivity index (χ1) is 15.4. The maximum atomic E-state index is 12.3. The molecular weight excluding hydrogens is 418 g/mol. The molecule has 10 heteroatoms. The molecule has 2 amide bonds. The van der Waals surface area contributed by atoms with Crippen LogP contribution in [0.5, 0.6) is 5.75 Å². The first-order valence-corrected chi connectivity index (χ1v) is 10.6. The lowest BCUT2D eigenvalue weighted by molar-refractivity contribution is -0.144. The van der Waals surface area contributed by atoms with Crippen molar-refractivity contribution in [3.8, 4) is 5.75 Å². The van der Waals surface area contributed by atoms with E-state index < -0.39 is 11.9 Å². The van der Waals surface area contributed by atoms with E-state index in [1.807, 2.05) is 0 Å². The minimum absolute atomic E-state index is 0.00697. The molecule has 0 aromatic heterocycles. The van der Waals surface area contributed by atoms with Crippen molar-refractivity contribution in [3.63, 3.8) is 0 Å². The van der Waals surface area contributed by atoms with E-state index in [2.05, 4.69) is 15.0 Å². The van der Waals surface area contributed by atoms with E-state index in [0.717, 1.165) is 44.6 Å². The molecule has 2 fully saturated rings. The number of esters is 1. The van der Waals surface area contributed by atoms with Crippen LogP contribution in [0.4, 0.5) is 0 Å². The summed E-state index contributed by atoms with van der Waals surface area (Å²) < 4.78 is 10.3. The Balaban J connectivity index is 0.00000114. The highest BCUT2D eigenvalue weighted by Crippen LogP contribution is 2.45. The summed E-state index contributed by atoms with van der Waals surface area (Å²) in [5.41, 5.74) is 5.69. The van der Waals surface area contributed by atoms with Crippen LogP contribution in [-0.2, 0) is 19.1 Å². The van der Waals surface area contributed by atoms with Crippen molar-refractivity contribution in [2.45, 2.75) is 19.3 Å². The monoisotopic (exact) mass is 449 g/mol. The second kappa shape index (κ2) is 12.7. The number of ether oxygens (including phenoxy) is 2. The quantitative estimate of drug-likeness (QED) is 0.280. The van der Waals surface area contributed by atoms with Crippen molar-refractivity contribution in [2.24, 2.45) is 23.5 Å². The second-order valence-corrected chi connectivity index (χ2v) is 7.85. The number of carboxylic acid groups (broad SMARTS) is 1. The Morgan fingerprint density at radius 2 is 1.97 bits per heavy atom. The lowest BCUT2D eigenvalue weighted by atomic mass is 9.61. The van der Waals surface area contributed by atoms with Gasteiger partial charge in [0.15, 0.2) is 0 Å². The average molecular weight is 450 g/mol. The first-order valence-electron chi connectivity index (χ1n) is 10.6. The summed E-state index contributed by atoms with van der Waals surface area (Å²) in [7, 11) is 1.31. The fraction of sp³-hybridized carbons (Fsp3) is 0.545. The summed E-state index contributed by atoms with van der Waals surface area (Å²) in [5, 5.41) is 9.57. The zero-order valence-electron chi connectivity index (χ0n) is 18.2. The van der Waals surface area contributed by atoms with Crippen molar-refractivity contribution in [3.05, 3.63) is 29.8 Å². The van der Waals surface area contributed by atoms with Gasteiger partial charge in [0.05, 0.1) is 13.7 Å². The molecule has 1 heterocycles. The molecule has 32 heavy (non-hydrogen) atoms. The highest BCUT2D eigenvalue weighted by molar-refractivity contribution is 5.92. The van der Waals surface area contributed by atoms with Gasteiger partial charge in [0.1, 0.15) is 12.3 Å². The van der Waals surface area contributed by atoms with E-state index >= 15 is 0 Å². The van der Waals surface area contributed by atoms with Gasteiger partial charge in [-0.15, -0.1) is 0 Å². The van der Waals surface area contributed by atoms with E-state index in [1.54, 1.807) is 24.3 Å². The van der Waals surface area contributed by atoms with Crippen LogP contribution >= 0.6 is 0 Å². The number of fused-ring (bicyclic) bond motifs is 1. The van der Waals surface area contributed by atoms with Gasteiger partial charge in [0, 0.05) is 24.6 Å². The molecule has 10 nitrogen and oxygen atoms in total. The zero-order chi connectivity index (χ0) is 23.5. The third kappa shape index (κ3) is 7.23. The number of nitrogens with one attached hydrogen (secondary N) is 1. The lowest BCUT2D eigenvalue weighted by Crippen LogP contribution is -2.55. The summed E-state index contributed by atoms with van der Waals surface area (Å²) in [6.45, 7) is 3.15. The number of piperidine rings is 1. The Labute approximate surface area is 187 Å². The van der Waals surface area contributed by atoms with Gasteiger partial charge in [-0.2, -0.15) is 0 Å².